The van der Waals surface area contributed by atoms with Crippen LogP contribution in [0, 0.1) is 5.82 Å². The molecule has 1 aromatic carbocycles. The lowest BCUT2D eigenvalue weighted by molar-refractivity contribution is -0.0767. The Labute approximate surface area is 121 Å². The number of hydrogen-bond donors (Lipinski definition) is 1. The number of nitrogens with one attached hydrogen (secondary N) is 1. The first-order chi connectivity index (χ1) is 9.72. The highest BCUT2D eigenvalue weighted by Crippen LogP contribution is 2.40. The summed E-state index contributed by atoms with van der Waals surface area (Å²) in [6, 6.07) is 6.96. The van der Waals surface area contributed by atoms with E-state index in [2.05, 4.69) is 12.2 Å². The van der Waals surface area contributed by atoms with E-state index in [4.69, 9.17) is 4.74 Å². The summed E-state index contributed by atoms with van der Waals surface area (Å²) in [6.07, 6.45) is 7.13. The summed E-state index contributed by atoms with van der Waals surface area (Å²) in [7, 11) is 1.97. The summed E-state index contributed by atoms with van der Waals surface area (Å²) in [5.74, 6) is -0.185. The van der Waals surface area contributed by atoms with Crippen molar-refractivity contribution in [3.8, 4) is 0 Å². The molecule has 1 aromatic rings. The molecule has 1 unspecified atom stereocenters. The minimum Gasteiger partial charge on any atom is -0.373 e. The molecule has 112 valence electrons. The first kappa shape index (κ1) is 15.5. The molecule has 1 saturated carbocycles. The second-order valence-corrected chi connectivity index (χ2v) is 5.69. The first-order valence-corrected chi connectivity index (χ1v) is 7.78. The molecule has 0 radical (unpaired) electrons. The second-order valence-electron chi connectivity index (χ2n) is 5.69. The zero-order valence-electron chi connectivity index (χ0n) is 12.6. The number of rotatable bonds is 5. The van der Waals surface area contributed by atoms with Crippen LogP contribution < -0.4 is 5.32 Å². The van der Waals surface area contributed by atoms with Gasteiger partial charge >= 0.3 is 0 Å². The summed E-state index contributed by atoms with van der Waals surface area (Å²) >= 11 is 0. The van der Waals surface area contributed by atoms with E-state index in [1.54, 1.807) is 0 Å². The highest BCUT2D eigenvalue weighted by molar-refractivity contribution is 5.23. The van der Waals surface area contributed by atoms with E-state index < -0.39 is 0 Å². The van der Waals surface area contributed by atoms with Crippen LogP contribution in [0.3, 0.4) is 0 Å². The van der Waals surface area contributed by atoms with Gasteiger partial charge in [0, 0.05) is 6.61 Å². The van der Waals surface area contributed by atoms with Gasteiger partial charge in [-0.05, 0) is 44.5 Å². The molecule has 0 heterocycles. The highest BCUT2D eigenvalue weighted by atomic mass is 19.1. The maximum Gasteiger partial charge on any atom is 0.123 e. The second kappa shape index (κ2) is 7.19. The molecule has 2 nitrogen and oxygen atoms in total. The van der Waals surface area contributed by atoms with Gasteiger partial charge in [0.1, 0.15) is 5.82 Å². The van der Waals surface area contributed by atoms with Crippen LogP contribution >= 0.6 is 0 Å². The van der Waals surface area contributed by atoms with Crippen LogP contribution in [0.15, 0.2) is 24.3 Å². The van der Waals surface area contributed by atoms with Gasteiger partial charge in [0.2, 0.25) is 0 Å². The van der Waals surface area contributed by atoms with Gasteiger partial charge in [-0.25, -0.2) is 4.39 Å². The van der Waals surface area contributed by atoms with Crippen molar-refractivity contribution in [2.45, 2.75) is 57.1 Å². The molecule has 1 aliphatic rings. The van der Waals surface area contributed by atoms with Crippen molar-refractivity contribution in [1.82, 2.24) is 5.32 Å². The summed E-state index contributed by atoms with van der Waals surface area (Å²) < 4.78 is 19.4. The molecule has 0 saturated heterocycles. The van der Waals surface area contributed by atoms with Gasteiger partial charge in [0.25, 0.3) is 0 Å². The third-order valence-corrected chi connectivity index (χ3v) is 4.40. The maximum absolute atomic E-state index is 13.2. The third kappa shape index (κ3) is 3.39. The van der Waals surface area contributed by atoms with Crippen LogP contribution in [-0.4, -0.2) is 19.3 Å². The van der Waals surface area contributed by atoms with E-state index in [1.165, 1.54) is 37.8 Å². The standard InChI is InChI=1S/C17H26FNO/c1-3-20-17(12-6-4-5-7-13-17)16(19-2)14-8-10-15(18)11-9-14/h8-11,16,19H,3-7,12-13H2,1-2H3. The zero-order chi connectivity index (χ0) is 14.4. The Kier molecular flexibility index (Phi) is 5.55. The van der Waals surface area contributed by atoms with Crippen molar-refractivity contribution in [3.63, 3.8) is 0 Å². The van der Waals surface area contributed by atoms with Crippen molar-refractivity contribution >= 4 is 0 Å². The van der Waals surface area contributed by atoms with Crippen LogP contribution in [0.5, 0.6) is 0 Å². The Hall–Kier alpha value is -0.930. The number of benzene rings is 1. The minimum absolute atomic E-state index is 0.126. The van der Waals surface area contributed by atoms with Gasteiger partial charge in [-0.2, -0.15) is 0 Å². The molecule has 3 heteroatoms. The SMILES string of the molecule is CCOC1(C(NC)c2ccc(F)cc2)CCCCCC1. The largest absolute Gasteiger partial charge is 0.373 e. The average molecular weight is 279 g/mol. The van der Waals surface area contributed by atoms with E-state index in [-0.39, 0.29) is 17.5 Å². The van der Waals surface area contributed by atoms with Crippen LogP contribution in [0.4, 0.5) is 4.39 Å². The van der Waals surface area contributed by atoms with Gasteiger partial charge in [-0.3, -0.25) is 0 Å². The summed E-state index contributed by atoms with van der Waals surface area (Å²) in [4.78, 5) is 0. The topological polar surface area (TPSA) is 21.3 Å². The van der Waals surface area contributed by atoms with Gasteiger partial charge in [0.15, 0.2) is 0 Å². The third-order valence-electron chi connectivity index (χ3n) is 4.40. The van der Waals surface area contributed by atoms with E-state index in [0.29, 0.717) is 0 Å². The van der Waals surface area contributed by atoms with Gasteiger partial charge in [-0.15, -0.1) is 0 Å². The highest BCUT2D eigenvalue weighted by Gasteiger charge is 2.39. The normalized spacial score (nSPS) is 20.4. The number of likely N-dealkylation sites (N-methyl/N-ethyl adjacent to an activating group) is 1. The number of halogens is 1. The Morgan fingerprint density at radius 2 is 1.75 bits per heavy atom. The summed E-state index contributed by atoms with van der Waals surface area (Å²) in [6.45, 7) is 2.78. The molecule has 0 aromatic heterocycles. The lowest BCUT2D eigenvalue weighted by Crippen LogP contribution is -2.45. The molecule has 20 heavy (non-hydrogen) atoms. The fourth-order valence-electron chi connectivity index (χ4n) is 3.52. The molecule has 0 bridgehead atoms. The zero-order valence-corrected chi connectivity index (χ0v) is 12.6. The van der Waals surface area contributed by atoms with Crippen molar-refractivity contribution in [2.24, 2.45) is 0 Å². The molecule has 1 atom stereocenters. The predicted octanol–water partition coefficient (Wildman–Crippen LogP) is 4.22. The molecule has 2 rings (SSSR count). The van der Waals surface area contributed by atoms with Crippen molar-refractivity contribution in [1.29, 1.82) is 0 Å². The minimum atomic E-state index is -0.185. The number of hydrogen-bond acceptors (Lipinski definition) is 2. The van der Waals surface area contributed by atoms with Crippen molar-refractivity contribution in [3.05, 3.63) is 35.6 Å². The molecule has 0 aliphatic heterocycles. The van der Waals surface area contributed by atoms with E-state index >= 15 is 0 Å². The number of ether oxygens (including phenoxy) is 1. The Balaban J connectivity index is 2.30. The summed E-state index contributed by atoms with van der Waals surface area (Å²) in [5, 5.41) is 3.41. The van der Waals surface area contributed by atoms with E-state index in [0.717, 1.165) is 25.0 Å². The van der Waals surface area contributed by atoms with Crippen LogP contribution in [0.25, 0.3) is 0 Å². The fourth-order valence-corrected chi connectivity index (χ4v) is 3.52. The van der Waals surface area contributed by atoms with E-state index in [1.807, 2.05) is 19.2 Å². The molecular weight excluding hydrogens is 253 g/mol. The Morgan fingerprint density at radius 3 is 2.25 bits per heavy atom. The fraction of sp³-hybridized carbons (Fsp3) is 0.647. The lowest BCUT2D eigenvalue weighted by atomic mass is 9.82. The monoisotopic (exact) mass is 279 g/mol. The Morgan fingerprint density at radius 1 is 1.15 bits per heavy atom. The average Bonchev–Trinajstić information content (AvgIpc) is 2.69. The predicted molar refractivity (Wildman–Crippen MR) is 80.3 cm³/mol. The molecule has 1 fully saturated rings. The molecule has 1 N–H and O–H groups in total. The molecule has 1 aliphatic carbocycles. The van der Waals surface area contributed by atoms with Crippen molar-refractivity contribution in [2.75, 3.05) is 13.7 Å². The first-order valence-electron chi connectivity index (χ1n) is 7.78. The van der Waals surface area contributed by atoms with Crippen LogP contribution in [0.1, 0.15) is 57.1 Å². The molecule has 0 spiro atoms. The van der Waals surface area contributed by atoms with Gasteiger partial charge in [0.05, 0.1) is 11.6 Å². The van der Waals surface area contributed by atoms with Crippen LogP contribution in [-0.2, 0) is 4.74 Å². The summed E-state index contributed by atoms with van der Waals surface area (Å²) in [5.41, 5.74) is 0.960. The lowest BCUT2D eigenvalue weighted by Gasteiger charge is -2.40. The van der Waals surface area contributed by atoms with E-state index in [9.17, 15) is 4.39 Å². The van der Waals surface area contributed by atoms with Crippen LogP contribution in [0.2, 0.25) is 0 Å². The molecule has 0 amide bonds. The maximum atomic E-state index is 13.2. The molecular formula is C17H26FNO. The van der Waals surface area contributed by atoms with Crippen molar-refractivity contribution < 1.29 is 9.13 Å². The quantitative estimate of drug-likeness (QED) is 0.815. The van der Waals surface area contributed by atoms with Gasteiger partial charge in [-0.1, -0.05) is 37.8 Å². The Bertz CT molecular complexity index is 396. The van der Waals surface area contributed by atoms with Gasteiger partial charge < -0.3 is 10.1 Å². The smallest absolute Gasteiger partial charge is 0.123 e.